The lowest BCUT2D eigenvalue weighted by molar-refractivity contribution is -0.118. The third-order valence-corrected chi connectivity index (χ3v) is 4.10. The molecule has 6 heteroatoms. The SMILES string of the molecule is CCOc1ccc(NC(=O)C2CCOc3ccccc32)c(C(N)=O)c1. The van der Waals surface area contributed by atoms with E-state index in [9.17, 15) is 9.59 Å². The maximum Gasteiger partial charge on any atom is 0.250 e. The van der Waals surface area contributed by atoms with E-state index in [1.54, 1.807) is 18.2 Å². The minimum atomic E-state index is -0.621. The second kappa shape index (κ2) is 7.25. The van der Waals surface area contributed by atoms with Gasteiger partial charge >= 0.3 is 0 Å². The molecule has 2 amide bonds. The quantitative estimate of drug-likeness (QED) is 0.875. The predicted octanol–water partition coefficient (Wildman–Crippen LogP) is 2.69. The van der Waals surface area contributed by atoms with Crippen LogP contribution in [0.4, 0.5) is 5.69 Å². The molecule has 6 nitrogen and oxygen atoms in total. The number of carbonyl (C=O) groups is 2. The largest absolute Gasteiger partial charge is 0.494 e. The van der Waals surface area contributed by atoms with E-state index < -0.39 is 5.91 Å². The van der Waals surface area contributed by atoms with Crippen LogP contribution in [0.25, 0.3) is 0 Å². The van der Waals surface area contributed by atoms with Gasteiger partial charge in [-0.25, -0.2) is 0 Å². The number of hydrogen-bond donors (Lipinski definition) is 2. The molecule has 1 aliphatic rings. The molecule has 0 aliphatic carbocycles. The zero-order valence-electron chi connectivity index (χ0n) is 14.0. The van der Waals surface area contributed by atoms with Gasteiger partial charge in [0.2, 0.25) is 5.91 Å². The van der Waals surface area contributed by atoms with Crippen LogP contribution in [-0.4, -0.2) is 25.0 Å². The molecule has 0 spiro atoms. The minimum absolute atomic E-state index is 0.192. The van der Waals surface area contributed by atoms with E-state index in [2.05, 4.69) is 5.32 Å². The summed E-state index contributed by atoms with van der Waals surface area (Å²) in [6.07, 6.45) is 0.575. The number of primary amides is 1. The number of para-hydroxylation sites is 1. The van der Waals surface area contributed by atoms with Gasteiger partial charge in [-0.3, -0.25) is 9.59 Å². The van der Waals surface area contributed by atoms with E-state index in [4.69, 9.17) is 15.2 Å². The van der Waals surface area contributed by atoms with Crippen LogP contribution in [0.3, 0.4) is 0 Å². The summed E-state index contributed by atoms with van der Waals surface area (Å²) < 4.78 is 11.0. The molecule has 0 aromatic heterocycles. The Bertz CT molecular complexity index is 804. The first kappa shape index (κ1) is 16.8. The zero-order chi connectivity index (χ0) is 17.8. The number of benzene rings is 2. The Balaban J connectivity index is 1.85. The number of fused-ring (bicyclic) bond motifs is 1. The summed E-state index contributed by atoms with van der Waals surface area (Å²) in [6, 6.07) is 12.3. The standard InChI is InChI=1S/C19H20N2O4/c1-2-24-12-7-8-16(15(11-12)18(20)22)21-19(23)14-9-10-25-17-6-4-3-5-13(14)17/h3-8,11,14H,2,9-10H2,1H3,(H2,20,22)(H,21,23). The van der Waals surface area contributed by atoms with Crippen molar-refractivity contribution in [3.8, 4) is 11.5 Å². The van der Waals surface area contributed by atoms with Crippen molar-refractivity contribution in [1.82, 2.24) is 0 Å². The van der Waals surface area contributed by atoms with Crippen molar-refractivity contribution in [1.29, 1.82) is 0 Å². The van der Waals surface area contributed by atoms with Gasteiger partial charge in [-0.2, -0.15) is 0 Å². The molecule has 2 aromatic rings. The first-order valence-electron chi connectivity index (χ1n) is 8.19. The smallest absolute Gasteiger partial charge is 0.250 e. The van der Waals surface area contributed by atoms with Crippen molar-refractivity contribution in [2.24, 2.45) is 5.73 Å². The maximum absolute atomic E-state index is 12.8. The van der Waals surface area contributed by atoms with Gasteiger partial charge in [0, 0.05) is 5.56 Å². The lowest BCUT2D eigenvalue weighted by Crippen LogP contribution is -2.27. The molecule has 0 fully saturated rings. The van der Waals surface area contributed by atoms with Gasteiger partial charge in [0.25, 0.3) is 5.91 Å². The molecule has 0 bridgehead atoms. The van der Waals surface area contributed by atoms with Crippen molar-refractivity contribution in [3.63, 3.8) is 0 Å². The molecular formula is C19H20N2O4. The summed E-state index contributed by atoms with van der Waals surface area (Å²) in [5, 5.41) is 2.82. The van der Waals surface area contributed by atoms with Gasteiger partial charge in [0.1, 0.15) is 11.5 Å². The van der Waals surface area contributed by atoms with E-state index in [0.29, 0.717) is 31.1 Å². The number of anilines is 1. The highest BCUT2D eigenvalue weighted by Gasteiger charge is 2.28. The van der Waals surface area contributed by atoms with Crippen molar-refractivity contribution in [2.75, 3.05) is 18.5 Å². The third-order valence-electron chi connectivity index (χ3n) is 4.10. The van der Waals surface area contributed by atoms with Gasteiger partial charge in [0.15, 0.2) is 0 Å². The summed E-state index contributed by atoms with van der Waals surface area (Å²) in [6.45, 7) is 2.80. The van der Waals surface area contributed by atoms with Crippen LogP contribution < -0.4 is 20.5 Å². The summed E-state index contributed by atoms with van der Waals surface area (Å²) in [5.74, 6) is 0.102. The fraction of sp³-hybridized carbons (Fsp3) is 0.263. The fourth-order valence-electron chi connectivity index (χ4n) is 2.93. The Labute approximate surface area is 145 Å². The van der Waals surface area contributed by atoms with Crippen LogP contribution in [0.15, 0.2) is 42.5 Å². The molecule has 1 unspecified atom stereocenters. The molecule has 2 aromatic carbocycles. The normalized spacial score (nSPS) is 15.6. The summed E-state index contributed by atoms with van der Waals surface area (Å²) in [4.78, 5) is 24.5. The monoisotopic (exact) mass is 340 g/mol. The molecule has 3 rings (SSSR count). The Hall–Kier alpha value is -3.02. The van der Waals surface area contributed by atoms with Gasteiger partial charge < -0.3 is 20.5 Å². The van der Waals surface area contributed by atoms with Crippen molar-refractivity contribution >= 4 is 17.5 Å². The fourth-order valence-corrected chi connectivity index (χ4v) is 2.93. The van der Waals surface area contributed by atoms with Gasteiger partial charge in [0.05, 0.1) is 30.4 Å². The summed E-state index contributed by atoms with van der Waals surface area (Å²) in [7, 11) is 0. The number of carbonyl (C=O) groups excluding carboxylic acids is 2. The second-order valence-corrected chi connectivity index (χ2v) is 5.72. The lowest BCUT2D eigenvalue weighted by atomic mass is 9.92. The van der Waals surface area contributed by atoms with Crippen LogP contribution in [0.5, 0.6) is 11.5 Å². The van der Waals surface area contributed by atoms with E-state index in [1.165, 1.54) is 0 Å². The van der Waals surface area contributed by atoms with Crippen molar-refractivity contribution in [2.45, 2.75) is 19.3 Å². The van der Waals surface area contributed by atoms with Crippen molar-refractivity contribution < 1.29 is 19.1 Å². The maximum atomic E-state index is 12.8. The molecule has 1 heterocycles. The van der Waals surface area contributed by atoms with Crippen molar-refractivity contribution in [3.05, 3.63) is 53.6 Å². The summed E-state index contributed by atoms with van der Waals surface area (Å²) >= 11 is 0. The third kappa shape index (κ3) is 3.57. The molecular weight excluding hydrogens is 320 g/mol. The van der Waals surface area contributed by atoms with Crippen LogP contribution in [0.2, 0.25) is 0 Å². The van der Waals surface area contributed by atoms with Crippen LogP contribution in [0.1, 0.15) is 35.2 Å². The average Bonchev–Trinajstić information content (AvgIpc) is 2.62. The number of rotatable bonds is 5. The minimum Gasteiger partial charge on any atom is -0.494 e. The molecule has 0 radical (unpaired) electrons. The Morgan fingerprint density at radius 3 is 2.84 bits per heavy atom. The van der Waals surface area contributed by atoms with Crippen LogP contribution in [-0.2, 0) is 4.79 Å². The Morgan fingerprint density at radius 2 is 2.08 bits per heavy atom. The topological polar surface area (TPSA) is 90.7 Å². The molecule has 130 valence electrons. The van der Waals surface area contributed by atoms with Gasteiger partial charge in [-0.15, -0.1) is 0 Å². The zero-order valence-corrected chi connectivity index (χ0v) is 14.0. The predicted molar refractivity (Wildman–Crippen MR) is 94.1 cm³/mol. The Morgan fingerprint density at radius 1 is 1.28 bits per heavy atom. The first-order valence-corrected chi connectivity index (χ1v) is 8.19. The summed E-state index contributed by atoms with van der Waals surface area (Å²) in [5.41, 5.74) is 6.89. The molecule has 0 saturated carbocycles. The number of ether oxygens (including phenoxy) is 2. The second-order valence-electron chi connectivity index (χ2n) is 5.72. The first-order chi connectivity index (χ1) is 12.1. The molecule has 3 N–H and O–H groups in total. The number of nitrogens with one attached hydrogen (secondary N) is 1. The van der Waals surface area contributed by atoms with Crippen LogP contribution >= 0.6 is 0 Å². The molecule has 1 atom stereocenters. The number of amides is 2. The molecule has 0 saturated heterocycles. The van der Waals surface area contributed by atoms with E-state index in [1.807, 2.05) is 31.2 Å². The highest BCUT2D eigenvalue weighted by atomic mass is 16.5. The van der Waals surface area contributed by atoms with Crippen LogP contribution in [0, 0.1) is 0 Å². The Kier molecular flexibility index (Phi) is 4.88. The molecule has 1 aliphatic heterocycles. The number of hydrogen-bond acceptors (Lipinski definition) is 4. The van der Waals surface area contributed by atoms with Gasteiger partial charge in [-0.05, 0) is 37.6 Å². The van der Waals surface area contributed by atoms with Gasteiger partial charge in [-0.1, -0.05) is 18.2 Å². The molecule has 25 heavy (non-hydrogen) atoms. The van der Waals surface area contributed by atoms with E-state index in [0.717, 1.165) is 11.3 Å². The number of nitrogens with two attached hydrogens (primary N) is 1. The highest BCUT2D eigenvalue weighted by Crippen LogP contribution is 2.34. The average molecular weight is 340 g/mol. The van der Waals surface area contributed by atoms with E-state index in [-0.39, 0.29) is 17.4 Å². The highest BCUT2D eigenvalue weighted by molar-refractivity contribution is 6.05. The lowest BCUT2D eigenvalue weighted by Gasteiger charge is -2.25. The van der Waals surface area contributed by atoms with E-state index >= 15 is 0 Å².